The monoisotopic (exact) mass is 439 g/mol. The molecule has 0 fully saturated rings. The summed E-state index contributed by atoms with van der Waals surface area (Å²) in [6.07, 6.45) is 3.09. The number of rotatable bonds is 6. The molecule has 0 aliphatic carbocycles. The molecule has 0 aliphatic rings. The van der Waals surface area contributed by atoms with Gasteiger partial charge in [-0.1, -0.05) is 66.7 Å². The normalized spacial score (nSPS) is 10.8. The molecule has 0 bridgehead atoms. The summed E-state index contributed by atoms with van der Waals surface area (Å²) in [6, 6.07) is 26.9. The van der Waals surface area contributed by atoms with Crippen LogP contribution in [0, 0.1) is 0 Å². The Kier molecular flexibility index (Phi) is 6.53. The zero-order valence-corrected chi connectivity index (χ0v) is 18.3. The number of thiazole rings is 1. The molecule has 0 aliphatic heterocycles. The van der Waals surface area contributed by atoms with E-state index in [1.54, 1.807) is 11.0 Å². The largest absolute Gasteiger partial charge is 0.322 e. The molecule has 0 radical (unpaired) electrons. The number of nitrogens with zero attached hydrogens (tertiary/aromatic N) is 2. The number of benzene rings is 3. The quantitative estimate of drug-likeness (QED) is 0.367. The van der Waals surface area contributed by atoms with Gasteiger partial charge in [-0.3, -0.25) is 14.5 Å². The maximum absolute atomic E-state index is 12.6. The maximum Gasteiger partial charge on any atom is 0.248 e. The van der Waals surface area contributed by atoms with E-state index in [0.29, 0.717) is 10.8 Å². The van der Waals surface area contributed by atoms with Gasteiger partial charge in [0.05, 0.1) is 11.4 Å². The van der Waals surface area contributed by atoms with Crippen molar-refractivity contribution in [3.63, 3.8) is 0 Å². The number of aromatic nitrogens is 1. The van der Waals surface area contributed by atoms with Crippen LogP contribution in [0.25, 0.3) is 17.2 Å². The van der Waals surface area contributed by atoms with Crippen molar-refractivity contribution in [3.8, 4) is 11.1 Å². The van der Waals surface area contributed by atoms with Gasteiger partial charge >= 0.3 is 0 Å². The van der Waals surface area contributed by atoms with Crippen molar-refractivity contribution >= 4 is 45.7 Å². The molecular formula is C26H21N3O2S. The van der Waals surface area contributed by atoms with E-state index in [1.165, 1.54) is 24.3 Å². The average molecular weight is 440 g/mol. The summed E-state index contributed by atoms with van der Waals surface area (Å²) in [5.41, 5.74) is 4.07. The van der Waals surface area contributed by atoms with Gasteiger partial charge < -0.3 is 5.32 Å². The van der Waals surface area contributed by atoms with Gasteiger partial charge in [0.1, 0.15) is 0 Å². The molecule has 0 unspecified atom stereocenters. The van der Waals surface area contributed by atoms with Crippen LogP contribution in [0.15, 0.2) is 96.4 Å². The number of carbonyl (C=O) groups excluding carboxylic acids is 2. The van der Waals surface area contributed by atoms with Gasteiger partial charge in [-0.05, 0) is 29.8 Å². The highest BCUT2D eigenvalue weighted by atomic mass is 32.1. The molecule has 4 rings (SSSR count). The molecule has 2 amide bonds. The second-order valence-electron chi connectivity index (χ2n) is 6.98. The number of carbonyl (C=O) groups is 2. The predicted octanol–water partition coefficient (Wildman–Crippen LogP) is 6.15. The summed E-state index contributed by atoms with van der Waals surface area (Å²) in [4.78, 5) is 30.8. The number of hydrogen-bond acceptors (Lipinski definition) is 4. The first-order valence-electron chi connectivity index (χ1n) is 10.1. The van der Waals surface area contributed by atoms with Crippen LogP contribution in [0.5, 0.6) is 0 Å². The molecule has 0 saturated heterocycles. The summed E-state index contributed by atoms with van der Waals surface area (Å²) in [6.45, 7) is 1.50. The molecule has 4 aromatic rings. The lowest BCUT2D eigenvalue weighted by Crippen LogP contribution is -2.22. The first-order valence-corrected chi connectivity index (χ1v) is 10.9. The highest BCUT2D eigenvalue weighted by Crippen LogP contribution is 2.29. The number of para-hydroxylation sites is 2. The van der Waals surface area contributed by atoms with Crippen molar-refractivity contribution in [3.05, 3.63) is 102 Å². The summed E-state index contributed by atoms with van der Waals surface area (Å²) >= 11 is 1.35. The van der Waals surface area contributed by atoms with Crippen molar-refractivity contribution in [1.82, 2.24) is 4.98 Å². The third-order valence-electron chi connectivity index (χ3n) is 4.71. The van der Waals surface area contributed by atoms with E-state index in [9.17, 15) is 9.59 Å². The first-order chi connectivity index (χ1) is 15.6. The fourth-order valence-electron chi connectivity index (χ4n) is 3.26. The third kappa shape index (κ3) is 4.99. The molecule has 6 heteroatoms. The van der Waals surface area contributed by atoms with Crippen LogP contribution in [-0.4, -0.2) is 16.8 Å². The van der Waals surface area contributed by atoms with Crippen LogP contribution in [0.3, 0.4) is 0 Å². The van der Waals surface area contributed by atoms with Crippen LogP contribution in [-0.2, 0) is 9.59 Å². The van der Waals surface area contributed by atoms with E-state index < -0.39 is 0 Å². The minimum atomic E-state index is -0.255. The predicted molar refractivity (Wildman–Crippen MR) is 131 cm³/mol. The van der Waals surface area contributed by atoms with Crippen molar-refractivity contribution in [1.29, 1.82) is 0 Å². The zero-order valence-electron chi connectivity index (χ0n) is 17.4. The van der Waals surface area contributed by atoms with Gasteiger partial charge in [0.2, 0.25) is 11.8 Å². The van der Waals surface area contributed by atoms with Gasteiger partial charge in [-0.2, -0.15) is 0 Å². The molecule has 0 spiro atoms. The Bertz CT molecular complexity index is 1250. The topological polar surface area (TPSA) is 62.3 Å². The minimum Gasteiger partial charge on any atom is -0.322 e. The van der Waals surface area contributed by atoms with Crippen molar-refractivity contribution in [2.24, 2.45) is 0 Å². The number of nitrogens with one attached hydrogen (secondary N) is 1. The lowest BCUT2D eigenvalue weighted by Gasteiger charge is -2.17. The second-order valence-corrected chi connectivity index (χ2v) is 7.82. The molecule has 1 N–H and O–H groups in total. The highest BCUT2D eigenvalue weighted by molar-refractivity contribution is 7.14. The summed E-state index contributed by atoms with van der Waals surface area (Å²) in [7, 11) is 0. The summed E-state index contributed by atoms with van der Waals surface area (Å²) in [5, 5.41) is 5.31. The third-order valence-corrected chi connectivity index (χ3v) is 5.55. The second kappa shape index (κ2) is 9.85. The molecule has 0 saturated carbocycles. The maximum atomic E-state index is 12.6. The standard InChI is InChI=1S/C26H21N3O2S/c1-19(30)29(22-12-6-3-7-13-22)26-27-21(18-32-26)16-17-25(31)28-24-15-9-8-14-23(24)20-10-4-2-5-11-20/h2-18H,1H3,(H,28,31). The number of anilines is 3. The van der Waals surface area contributed by atoms with Crippen LogP contribution in [0.4, 0.5) is 16.5 Å². The van der Waals surface area contributed by atoms with Crippen LogP contribution < -0.4 is 10.2 Å². The number of hydrogen-bond donors (Lipinski definition) is 1. The van der Waals surface area contributed by atoms with E-state index in [4.69, 9.17) is 0 Å². The first kappa shape index (κ1) is 21.2. The zero-order chi connectivity index (χ0) is 22.3. The van der Waals surface area contributed by atoms with E-state index in [2.05, 4.69) is 10.3 Å². The molecule has 32 heavy (non-hydrogen) atoms. The Balaban J connectivity index is 1.49. The smallest absolute Gasteiger partial charge is 0.248 e. The summed E-state index contributed by atoms with van der Waals surface area (Å²) < 4.78 is 0. The molecular weight excluding hydrogens is 418 g/mol. The number of amides is 2. The lowest BCUT2D eigenvalue weighted by molar-refractivity contribution is -0.116. The average Bonchev–Trinajstić information content (AvgIpc) is 3.27. The molecule has 1 aromatic heterocycles. The summed E-state index contributed by atoms with van der Waals surface area (Å²) in [5.74, 6) is -0.384. The van der Waals surface area contributed by atoms with Gasteiger partial charge in [0, 0.05) is 29.6 Å². The van der Waals surface area contributed by atoms with Gasteiger partial charge in [-0.25, -0.2) is 4.98 Å². The Hall–Kier alpha value is -4.03. The Morgan fingerprint density at radius 3 is 2.28 bits per heavy atom. The Morgan fingerprint density at radius 1 is 0.906 bits per heavy atom. The van der Waals surface area contributed by atoms with Crippen molar-refractivity contribution in [2.45, 2.75) is 6.92 Å². The molecule has 1 heterocycles. The van der Waals surface area contributed by atoms with E-state index in [0.717, 1.165) is 22.5 Å². The molecule has 158 valence electrons. The lowest BCUT2D eigenvalue weighted by atomic mass is 10.0. The molecule has 3 aromatic carbocycles. The Labute approximate surface area is 190 Å². The van der Waals surface area contributed by atoms with Gasteiger partial charge in [0.25, 0.3) is 0 Å². The van der Waals surface area contributed by atoms with E-state index >= 15 is 0 Å². The molecule has 0 atom stereocenters. The minimum absolute atomic E-state index is 0.128. The van der Waals surface area contributed by atoms with Crippen LogP contribution in [0.2, 0.25) is 0 Å². The van der Waals surface area contributed by atoms with Crippen LogP contribution in [0.1, 0.15) is 12.6 Å². The van der Waals surface area contributed by atoms with Gasteiger partial charge in [0.15, 0.2) is 5.13 Å². The van der Waals surface area contributed by atoms with Crippen molar-refractivity contribution in [2.75, 3.05) is 10.2 Å². The Morgan fingerprint density at radius 2 is 1.56 bits per heavy atom. The van der Waals surface area contributed by atoms with Crippen molar-refractivity contribution < 1.29 is 9.59 Å². The van der Waals surface area contributed by atoms with E-state index in [1.807, 2.05) is 90.3 Å². The highest BCUT2D eigenvalue weighted by Gasteiger charge is 2.17. The van der Waals surface area contributed by atoms with Crippen LogP contribution >= 0.6 is 11.3 Å². The fourth-order valence-corrected chi connectivity index (χ4v) is 4.11. The SMILES string of the molecule is CC(=O)N(c1ccccc1)c1nc(C=CC(=O)Nc2ccccc2-c2ccccc2)cs1. The molecule has 5 nitrogen and oxygen atoms in total. The van der Waals surface area contributed by atoms with E-state index in [-0.39, 0.29) is 11.8 Å². The van der Waals surface area contributed by atoms with Gasteiger partial charge in [-0.15, -0.1) is 11.3 Å². The fraction of sp³-hybridized carbons (Fsp3) is 0.0385.